The van der Waals surface area contributed by atoms with Gasteiger partial charge in [-0.2, -0.15) is 0 Å². The van der Waals surface area contributed by atoms with Gasteiger partial charge in [-0.05, 0) is 53.8 Å². The van der Waals surface area contributed by atoms with Gasteiger partial charge in [0, 0.05) is 24.0 Å². The summed E-state index contributed by atoms with van der Waals surface area (Å²) in [4.78, 5) is 14.2. The lowest BCUT2D eigenvalue weighted by Gasteiger charge is -2.19. The van der Waals surface area contributed by atoms with Gasteiger partial charge in [-0.3, -0.25) is 4.79 Å². The number of aromatic nitrogens is 1. The molecule has 0 bridgehead atoms. The molecule has 0 saturated heterocycles. The van der Waals surface area contributed by atoms with Crippen molar-refractivity contribution in [2.45, 2.75) is 25.0 Å². The molecule has 0 amide bonds. The third-order valence-electron chi connectivity index (χ3n) is 5.66. The van der Waals surface area contributed by atoms with E-state index in [4.69, 9.17) is 9.47 Å². The van der Waals surface area contributed by atoms with Crippen molar-refractivity contribution < 1.29 is 19.7 Å². The highest BCUT2D eigenvalue weighted by molar-refractivity contribution is 5.87. The van der Waals surface area contributed by atoms with Crippen LogP contribution >= 0.6 is 0 Å². The lowest BCUT2D eigenvalue weighted by molar-refractivity contribution is 0.171. The first-order valence-electron chi connectivity index (χ1n) is 9.76. The van der Waals surface area contributed by atoms with Gasteiger partial charge in [0.05, 0.1) is 11.6 Å². The van der Waals surface area contributed by atoms with Gasteiger partial charge in [0.1, 0.15) is 19.0 Å². The van der Waals surface area contributed by atoms with Crippen molar-refractivity contribution in [3.8, 4) is 17.2 Å². The third-order valence-corrected chi connectivity index (χ3v) is 5.66. The number of aliphatic hydroxyl groups is 1. The van der Waals surface area contributed by atoms with Gasteiger partial charge < -0.3 is 30.0 Å². The Labute approximate surface area is 166 Å². The topological polar surface area (TPSA) is 104 Å². The molecule has 7 heteroatoms. The van der Waals surface area contributed by atoms with E-state index >= 15 is 0 Å². The molecule has 5 rings (SSSR count). The van der Waals surface area contributed by atoms with Gasteiger partial charge in [-0.1, -0.05) is 6.07 Å². The molecule has 0 fully saturated rings. The first kappa shape index (κ1) is 18.0. The van der Waals surface area contributed by atoms with Crippen molar-refractivity contribution >= 4 is 10.9 Å². The number of nitrogens with one attached hydrogen (secondary N) is 2. The molecule has 1 aromatic heterocycles. The van der Waals surface area contributed by atoms with Crippen LogP contribution in [0.5, 0.6) is 17.2 Å². The minimum atomic E-state index is -0.771. The van der Waals surface area contributed by atoms with E-state index in [-0.39, 0.29) is 17.4 Å². The average molecular weight is 394 g/mol. The van der Waals surface area contributed by atoms with Crippen LogP contribution in [0.25, 0.3) is 10.9 Å². The molecule has 150 valence electrons. The van der Waals surface area contributed by atoms with Crippen molar-refractivity contribution in [2.75, 3.05) is 19.8 Å². The van der Waals surface area contributed by atoms with Crippen molar-refractivity contribution in [3.05, 3.63) is 63.4 Å². The van der Waals surface area contributed by atoms with Crippen molar-refractivity contribution in [1.82, 2.24) is 10.3 Å². The number of fused-ring (bicyclic) bond motifs is 3. The fourth-order valence-electron chi connectivity index (χ4n) is 4.24. The summed E-state index contributed by atoms with van der Waals surface area (Å²) < 4.78 is 11.3. The van der Waals surface area contributed by atoms with Crippen LogP contribution in [-0.4, -0.2) is 41.0 Å². The maximum atomic E-state index is 11.6. The van der Waals surface area contributed by atoms with E-state index in [1.807, 2.05) is 0 Å². The summed E-state index contributed by atoms with van der Waals surface area (Å²) in [5.74, 6) is 1.60. The number of aromatic hydroxyl groups is 1. The highest BCUT2D eigenvalue weighted by Crippen LogP contribution is 2.37. The molecule has 1 aliphatic carbocycles. The van der Waals surface area contributed by atoms with E-state index in [9.17, 15) is 15.0 Å². The van der Waals surface area contributed by atoms with Crippen LogP contribution in [0, 0.1) is 0 Å². The Balaban J connectivity index is 1.30. The molecule has 29 heavy (non-hydrogen) atoms. The summed E-state index contributed by atoms with van der Waals surface area (Å²) in [6.07, 6.45) is 0.956. The number of rotatable bonds is 4. The molecule has 0 spiro atoms. The first-order valence-corrected chi connectivity index (χ1v) is 9.76. The van der Waals surface area contributed by atoms with Crippen LogP contribution < -0.4 is 20.3 Å². The lowest BCUT2D eigenvalue weighted by atomic mass is 10.0. The van der Waals surface area contributed by atoms with E-state index < -0.39 is 6.10 Å². The minimum Gasteiger partial charge on any atom is -0.506 e. The smallest absolute Gasteiger partial charge is 0.248 e. The third kappa shape index (κ3) is 3.32. The first-order chi connectivity index (χ1) is 14.1. The zero-order valence-corrected chi connectivity index (χ0v) is 15.8. The molecule has 2 aromatic carbocycles. The summed E-state index contributed by atoms with van der Waals surface area (Å²) in [5, 5.41) is 24.8. The van der Waals surface area contributed by atoms with Crippen LogP contribution in [0.2, 0.25) is 0 Å². The number of aliphatic hydroxyl groups excluding tert-OH is 1. The molecular weight excluding hydrogens is 372 g/mol. The number of aromatic amines is 1. The Morgan fingerprint density at radius 2 is 1.76 bits per heavy atom. The summed E-state index contributed by atoms with van der Waals surface area (Å²) in [5.41, 5.74) is 3.20. The molecule has 4 N–H and O–H groups in total. The van der Waals surface area contributed by atoms with E-state index in [0.717, 1.165) is 24.3 Å². The van der Waals surface area contributed by atoms with E-state index in [1.165, 1.54) is 23.3 Å². The number of phenolic OH excluding ortho intramolecular Hbond substituents is 1. The molecule has 3 aromatic rings. The summed E-state index contributed by atoms with van der Waals surface area (Å²) in [7, 11) is 0. The van der Waals surface area contributed by atoms with Crippen molar-refractivity contribution in [2.24, 2.45) is 0 Å². The maximum absolute atomic E-state index is 11.6. The second-order valence-electron chi connectivity index (χ2n) is 7.58. The lowest BCUT2D eigenvalue weighted by Crippen LogP contribution is -2.33. The fourth-order valence-corrected chi connectivity index (χ4v) is 4.24. The highest BCUT2D eigenvalue weighted by atomic mass is 16.6. The van der Waals surface area contributed by atoms with Gasteiger partial charge in [0.25, 0.3) is 0 Å². The Hall–Kier alpha value is -3.03. The second-order valence-corrected chi connectivity index (χ2v) is 7.58. The Bertz CT molecular complexity index is 1100. The second kappa shape index (κ2) is 7.09. The summed E-state index contributed by atoms with van der Waals surface area (Å²) in [6.45, 7) is 1.52. The molecule has 0 saturated carbocycles. The summed E-state index contributed by atoms with van der Waals surface area (Å²) in [6, 6.07) is 10.5. The highest BCUT2D eigenvalue weighted by Gasteiger charge is 2.26. The van der Waals surface area contributed by atoms with Gasteiger partial charge >= 0.3 is 0 Å². The molecule has 7 nitrogen and oxygen atoms in total. The zero-order chi connectivity index (χ0) is 20.0. The van der Waals surface area contributed by atoms with Crippen LogP contribution in [-0.2, 0) is 12.8 Å². The predicted molar refractivity (Wildman–Crippen MR) is 108 cm³/mol. The largest absolute Gasteiger partial charge is 0.506 e. The normalized spacial score (nSPS) is 16.7. The monoisotopic (exact) mass is 394 g/mol. The Morgan fingerprint density at radius 1 is 1.07 bits per heavy atom. The maximum Gasteiger partial charge on any atom is 0.248 e. The predicted octanol–water partition coefficient (Wildman–Crippen LogP) is 1.80. The van der Waals surface area contributed by atoms with Crippen LogP contribution in [0.15, 0.2) is 41.2 Å². The molecule has 0 radical (unpaired) electrons. The SMILES string of the molecule is O=c1ccc2c(C(O)CNC3Cc4cc5c(cc4C3)OCCO5)ccc(O)c2[nH]1. The number of ether oxygens (including phenoxy) is 2. The van der Waals surface area contributed by atoms with E-state index in [1.54, 1.807) is 12.1 Å². The molecule has 1 atom stereocenters. The molecule has 2 heterocycles. The number of pyridine rings is 1. The van der Waals surface area contributed by atoms with Gasteiger partial charge in [-0.25, -0.2) is 0 Å². The van der Waals surface area contributed by atoms with Gasteiger partial charge in [0.2, 0.25) is 5.56 Å². The minimum absolute atomic E-state index is 0.0127. The number of hydrogen-bond donors (Lipinski definition) is 4. The molecular formula is C22H22N2O5. The van der Waals surface area contributed by atoms with Crippen molar-refractivity contribution in [1.29, 1.82) is 0 Å². The number of benzene rings is 2. The van der Waals surface area contributed by atoms with Crippen LogP contribution in [0.4, 0.5) is 0 Å². The Kier molecular flexibility index (Phi) is 4.41. The Morgan fingerprint density at radius 3 is 2.45 bits per heavy atom. The van der Waals surface area contributed by atoms with Crippen LogP contribution in [0.1, 0.15) is 22.8 Å². The average Bonchev–Trinajstić information content (AvgIpc) is 3.12. The summed E-state index contributed by atoms with van der Waals surface area (Å²) >= 11 is 0. The standard InChI is InChI=1S/C22H22N2O5/c25-17-3-1-15(16-2-4-21(27)24-22(16)17)18(26)11-23-14-7-12-9-19-20(10-13(12)8-14)29-6-5-28-19/h1-4,9-10,14,18,23,25-26H,5-8,11H2,(H,24,27). The zero-order valence-electron chi connectivity index (χ0n) is 15.8. The molecule has 1 aliphatic heterocycles. The quantitative estimate of drug-likeness (QED) is 0.538. The molecule has 2 aliphatic rings. The van der Waals surface area contributed by atoms with E-state index in [0.29, 0.717) is 36.2 Å². The van der Waals surface area contributed by atoms with Gasteiger partial charge in [0.15, 0.2) is 11.5 Å². The van der Waals surface area contributed by atoms with Crippen LogP contribution in [0.3, 0.4) is 0 Å². The molecule has 1 unspecified atom stereocenters. The number of hydrogen-bond acceptors (Lipinski definition) is 6. The number of H-pyrrole nitrogens is 1. The fraction of sp³-hybridized carbons (Fsp3) is 0.318. The number of phenols is 1. The van der Waals surface area contributed by atoms with E-state index in [2.05, 4.69) is 22.4 Å². The van der Waals surface area contributed by atoms with Gasteiger partial charge in [-0.15, -0.1) is 0 Å². The van der Waals surface area contributed by atoms with Crippen molar-refractivity contribution in [3.63, 3.8) is 0 Å².